The quantitative estimate of drug-likeness (QED) is 0.710. The summed E-state index contributed by atoms with van der Waals surface area (Å²) in [6.07, 6.45) is 1.60. The van der Waals surface area contributed by atoms with Gasteiger partial charge in [-0.25, -0.2) is 0 Å². The predicted octanol–water partition coefficient (Wildman–Crippen LogP) is 3.14. The third-order valence-corrected chi connectivity index (χ3v) is 3.83. The Kier molecular flexibility index (Phi) is 6.83. The minimum Gasteiger partial charge on any atom is -0.480 e. The number of aliphatic carboxylic acids is 1. The fraction of sp³-hybridized carbons (Fsp3) is 0.500. The zero-order valence-electron chi connectivity index (χ0n) is 11.0. The molecule has 0 aliphatic rings. The van der Waals surface area contributed by atoms with Crippen molar-refractivity contribution < 1.29 is 9.90 Å². The molecule has 0 spiro atoms. The Hall–Kier alpha value is -1.00. The monoisotopic (exact) mass is 267 g/mol. The van der Waals surface area contributed by atoms with Crippen LogP contribution in [0.4, 0.5) is 0 Å². The smallest absolute Gasteiger partial charge is 0.316 e. The van der Waals surface area contributed by atoms with Crippen LogP contribution >= 0.6 is 11.8 Å². The summed E-state index contributed by atoms with van der Waals surface area (Å²) in [7, 11) is 0. The molecule has 0 saturated carbocycles. The molecule has 0 bridgehead atoms. The number of carbonyl (C=O) groups is 1. The van der Waals surface area contributed by atoms with Gasteiger partial charge in [0, 0.05) is 11.4 Å². The maximum atomic E-state index is 11.1. The first-order chi connectivity index (χ1) is 8.67. The summed E-state index contributed by atoms with van der Waals surface area (Å²) < 4.78 is 0. The van der Waals surface area contributed by atoms with Gasteiger partial charge in [0.1, 0.15) is 5.25 Å². The summed E-state index contributed by atoms with van der Waals surface area (Å²) in [4.78, 5) is 12.2. The third-order valence-electron chi connectivity index (χ3n) is 2.58. The number of rotatable bonds is 8. The lowest BCUT2D eigenvalue weighted by molar-refractivity contribution is -0.136. The predicted molar refractivity (Wildman–Crippen MR) is 76.0 cm³/mol. The van der Waals surface area contributed by atoms with Crippen LogP contribution in [-0.2, 0) is 11.3 Å². The number of carboxylic acid groups (broad SMARTS) is 1. The highest BCUT2D eigenvalue weighted by Gasteiger charge is 2.17. The first-order valence-corrected chi connectivity index (χ1v) is 7.24. The summed E-state index contributed by atoms with van der Waals surface area (Å²) >= 11 is 1.44. The maximum Gasteiger partial charge on any atom is 0.316 e. The van der Waals surface area contributed by atoms with E-state index < -0.39 is 5.97 Å². The van der Waals surface area contributed by atoms with Crippen LogP contribution in [0, 0.1) is 0 Å². The fourth-order valence-electron chi connectivity index (χ4n) is 1.66. The minimum atomic E-state index is -0.723. The highest BCUT2D eigenvalue weighted by atomic mass is 32.2. The van der Waals surface area contributed by atoms with Crippen molar-refractivity contribution in [2.24, 2.45) is 0 Å². The number of hydrogen-bond acceptors (Lipinski definition) is 3. The van der Waals surface area contributed by atoms with Crippen LogP contribution in [0.1, 0.15) is 32.3 Å². The summed E-state index contributed by atoms with van der Waals surface area (Å²) in [5.74, 6) is -0.723. The molecule has 0 aliphatic carbocycles. The molecule has 0 fully saturated rings. The maximum absolute atomic E-state index is 11.1. The zero-order valence-corrected chi connectivity index (χ0v) is 11.8. The molecule has 1 rings (SSSR count). The Labute approximate surface area is 113 Å². The summed E-state index contributed by atoms with van der Waals surface area (Å²) in [5.41, 5.74) is 1.20. The van der Waals surface area contributed by atoms with Gasteiger partial charge < -0.3 is 10.4 Å². The molecule has 1 unspecified atom stereocenters. The molecule has 0 heterocycles. The number of nitrogens with one attached hydrogen (secondary N) is 1. The van der Waals surface area contributed by atoms with Crippen LogP contribution < -0.4 is 5.32 Å². The Balaban J connectivity index is 2.67. The van der Waals surface area contributed by atoms with Crippen molar-refractivity contribution in [3.63, 3.8) is 0 Å². The van der Waals surface area contributed by atoms with Crippen LogP contribution in [0.25, 0.3) is 0 Å². The van der Waals surface area contributed by atoms with Crippen molar-refractivity contribution in [1.29, 1.82) is 0 Å². The molecule has 1 aromatic carbocycles. The van der Waals surface area contributed by atoms with E-state index in [-0.39, 0.29) is 5.25 Å². The van der Waals surface area contributed by atoms with Crippen molar-refractivity contribution in [2.45, 2.75) is 43.4 Å². The zero-order chi connectivity index (χ0) is 13.4. The van der Waals surface area contributed by atoms with E-state index in [1.165, 1.54) is 17.3 Å². The summed E-state index contributed by atoms with van der Waals surface area (Å²) in [5, 5.41) is 12.1. The molecule has 18 heavy (non-hydrogen) atoms. The minimum absolute atomic E-state index is 0.343. The van der Waals surface area contributed by atoms with Crippen LogP contribution in [0.5, 0.6) is 0 Å². The lowest BCUT2D eigenvalue weighted by Crippen LogP contribution is -2.16. The molecule has 1 aromatic rings. The van der Waals surface area contributed by atoms with Crippen LogP contribution in [0.2, 0.25) is 0 Å². The number of thioether (sulfide) groups is 1. The number of hydrogen-bond donors (Lipinski definition) is 2. The van der Waals surface area contributed by atoms with Gasteiger partial charge in [-0.1, -0.05) is 32.4 Å². The van der Waals surface area contributed by atoms with Crippen LogP contribution in [-0.4, -0.2) is 22.9 Å². The van der Waals surface area contributed by atoms with Gasteiger partial charge in [0.05, 0.1) is 0 Å². The van der Waals surface area contributed by atoms with Gasteiger partial charge in [-0.05, 0) is 30.7 Å². The van der Waals surface area contributed by atoms with E-state index in [2.05, 4.69) is 24.4 Å². The van der Waals surface area contributed by atoms with Gasteiger partial charge >= 0.3 is 5.97 Å². The van der Waals surface area contributed by atoms with Gasteiger partial charge in [-0.2, -0.15) is 0 Å². The van der Waals surface area contributed by atoms with E-state index in [0.29, 0.717) is 6.42 Å². The number of carboxylic acids is 1. The SMILES string of the molecule is CCCC(Sc1cccc(CNCC)c1)C(=O)O. The molecule has 4 heteroatoms. The highest BCUT2D eigenvalue weighted by molar-refractivity contribution is 8.00. The largest absolute Gasteiger partial charge is 0.480 e. The van der Waals surface area contributed by atoms with Gasteiger partial charge in [0.25, 0.3) is 0 Å². The van der Waals surface area contributed by atoms with E-state index >= 15 is 0 Å². The van der Waals surface area contributed by atoms with Crippen LogP contribution in [0.3, 0.4) is 0 Å². The molecular weight excluding hydrogens is 246 g/mol. The van der Waals surface area contributed by atoms with Crippen molar-refractivity contribution in [3.8, 4) is 0 Å². The van der Waals surface area contributed by atoms with Gasteiger partial charge in [-0.15, -0.1) is 11.8 Å². The third kappa shape index (κ3) is 5.10. The molecule has 2 N–H and O–H groups in total. The Morgan fingerprint density at radius 2 is 2.22 bits per heavy atom. The Morgan fingerprint density at radius 3 is 2.83 bits per heavy atom. The van der Waals surface area contributed by atoms with Gasteiger partial charge in [0.2, 0.25) is 0 Å². The average Bonchev–Trinajstić information content (AvgIpc) is 2.36. The molecule has 0 amide bonds. The lowest BCUT2D eigenvalue weighted by Gasteiger charge is -2.11. The van der Waals surface area contributed by atoms with Crippen molar-refractivity contribution >= 4 is 17.7 Å². The second-order valence-electron chi connectivity index (χ2n) is 4.16. The second kappa shape index (κ2) is 8.16. The summed E-state index contributed by atoms with van der Waals surface area (Å²) in [6.45, 7) is 5.85. The Bertz CT molecular complexity index is 382. The van der Waals surface area contributed by atoms with E-state index in [1.807, 2.05) is 19.1 Å². The Morgan fingerprint density at radius 1 is 1.44 bits per heavy atom. The molecule has 100 valence electrons. The first kappa shape index (κ1) is 15.1. The van der Waals surface area contributed by atoms with Gasteiger partial charge in [0.15, 0.2) is 0 Å². The molecule has 0 saturated heterocycles. The second-order valence-corrected chi connectivity index (χ2v) is 5.44. The fourth-order valence-corrected chi connectivity index (χ4v) is 2.82. The normalized spacial score (nSPS) is 12.3. The van der Waals surface area contributed by atoms with E-state index in [0.717, 1.165) is 24.4 Å². The molecule has 3 nitrogen and oxygen atoms in total. The van der Waals surface area contributed by atoms with Crippen molar-refractivity contribution in [3.05, 3.63) is 29.8 Å². The average molecular weight is 267 g/mol. The molecule has 1 atom stereocenters. The van der Waals surface area contributed by atoms with Crippen molar-refractivity contribution in [2.75, 3.05) is 6.54 Å². The van der Waals surface area contributed by atoms with E-state index in [4.69, 9.17) is 5.11 Å². The highest BCUT2D eigenvalue weighted by Crippen LogP contribution is 2.27. The molecule has 0 aliphatic heterocycles. The van der Waals surface area contributed by atoms with E-state index in [1.54, 1.807) is 0 Å². The van der Waals surface area contributed by atoms with Gasteiger partial charge in [-0.3, -0.25) is 4.79 Å². The van der Waals surface area contributed by atoms with Crippen LogP contribution in [0.15, 0.2) is 29.2 Å². The molecule has 0 radical (unpaired) electrons. The summed E-state index contributed by atoms with van der Waals surface area (Å²) in [6, 6.07) is 8.09. The standard InChI is InChI=1S/C14H21NO2S/c1-3-6-13(14(16)17)18-12-8-5-7-11(9-12)10-15-4-2/h5,7-9,13,15H,3-4,6,10H2,1-2H3,(H,16,17). The van der Waals surface area contributed by atoms with E-state index in [9.17, 15) is 4.79 Å². The molecular formula is C14H21NO2S. The first-order valence-electron chi connectivity index (χ1n) is 6.36. The topological polar surface area (TPSA) is 49.3 Å². The van der Waals surface area contributed by atoms with Crippen molar-refractivity contribution in [1.82, 2.24) is 5.32 Å². The molecule has 0 aromatic heterocycles. The lowest BCUT2D eigenvalue weighted by atomic mass is 10.2. The number of benzene rings is 1.